The summed E-state index contributed by atoms with van der Waals surface area (Å²) in [5, 5.41) is 2.91. The fraction of sp³-hybridized carbons (Fsp3) is 0.364. The third-order valence-corrected chi connectivity index (χ3v) is 4.77. The highest BCUT2D eigenvalue weighted by atomic mass is 16.2. The van der Waals surface area contributed by atoms with Gasteiger partial charge in [0.05, 0.1) is 0 Å². The molecule has 0 aliphatic carbocycles. The molecule has 0 saturated carbocycles. The van der Waals surface area contributed by atoms with Crippen molar-refractivity contribution in [3.63, 3.8) is 0 Å². The van der Waals surface area contributed by atoms with Gasteiger partial charge in [0.2, 0.25) is 5.91 Å². The molecule has 4 heteroatoms. The number of hydrogen-bond acceptors (Lipinski definition) is 2. The second-order valence-corrected chi connectivity index (χ2v) is 6.82. The molecule has 0 bridgehead atoms. The van der Waals surface area contributed by atoms with Crippen molar-refractivity contribution < 1.29 is 9.59 Å². The van der Waals surface area contributed by atoms with E-state index in [-0.39, 0.29) is 11.8 Å². The summed E-state index contributed by atoms with van der Waals surface area (Å²) in [4.78, 5) is 26.4. The monoisotopic (exact) mass is 350 g/mol. The van der Waals surface area contributed by atoms with E-state index in [1.165, 1.54) is 12.0 Å². The van der Waals surface area contributed by atoms with Crippen molar-refractivity contribution in [1.82, 2.24) is 4.90 Å². The number of piperidine rings is 1. The quantitative estimate of drug-likeness (QED) is 0.845. The molecule has 2 aromatic rings. The van der Waals surface area contributed by atoms with Crippen LogP contribution in [0, 0.1) is 0 Å². The lowest BCUT2D eigenvalue weighted by molar-refractivity contribution is -0.116. The van der Waals surface area contributed by atoms with Crippen LogP contribution in [0.25, 0.3) is 0 Å². The lowest BCUT2D eigenvalue weighted by atomic mass is 10.1. The number of hydrogen-bond donors (Lipinski definition) is 1. The zero-order valence-electron chi connectivity index (χ0n) is 15.1. The van der Waals surface area contributed by atoms with Gasteiger partial charge in [-0.2, -0.15) is 0 Å². The molecule has 136 valence electrons. The Morgan fingerprint density at radius 3 is 2.27 bits per heavy atom. The number of carbonyl (C=O) groups excluding carboxylic acids is 2. The molecule has 2 amide bonds. The lowest BCUT2D eigenvalue weighted by Crippen LogP contribution is -2.35. The first kappa shape index (κ1) is 18.2. The van der Waals surface area contributed by atoms with Crippen LogP contribution in [0.1, 0.15) is 48.0 Å². The number of nitrogens with one attached hydrogen (secondary N) is 1. The summed E-state index contributed by atoms with van der Waals surface area (Å²) in [6.07, 6.45) is 5.59. The van der Waals surface area contributed by atoms with Crippen LogP contribution in [0.5, 0.6) is 0 Å². The molecule has 0 radical (unpaired) electrons. The molecule has 2 aromatic carbocycles. The van der Waals surface area contributed by atoms with Crippen molar-refractivity contribution in [2.75, 3.05) is 18.4 Å². The second kappa shape index (κ2) is 9.18. The van der Waals surface area contributed by atoms with E-state index in [4.69, 9.17) is 0 Å². The molecule has 1 heterocycles. The summed E-state index contributed by atoms with van der Waals surface area (Å²) in [6, 6.07) is 17.4. The third-order valence-electron chi connectivity index (χ3n) is 4.77. The minimum absolute atomic E-state index is 0.0102. The van der Waals surface area contributed by atoms with E-state index in [1.807, 2.05) is 35.2 Å². The molecule has 0 atom stereocenters. The molecule has 1 saturated heterocycles. The van der Waals surface area contributed by atoms with E-state index in [1.54, 1.807) is 12.1 Å². The summed E-state index contributed by atoms with van der Waals surface area (Å²) >= 11 is 0. The summed E-state index contributed by atoms with van der Waals surface area (Å²) in [6.45, 7) is 1.69. The van der Waals surface area contributed by atoms with Crippen molar-refractivity contribution in [2.45, 2.75) is 38.5 Å². The maximum absolute atomic E-state index is 12.4. The molecule has 4 nitrogen and oxygen atoms in total. The van der Waals surface area contributed by atoms with Crippen LogP contribution < -0.4 is 5.32 Å². The van der Waals surface area contributed by atoms with Crippen molar-refractivity contribution in [3.05, 3.63) is 65.7 Å². The van der Waals surface area contributed by atoms with E-state index in [0.29, 0.717) is 12.0 Å². The van der Waals surface area contributed by atoms with Gasteiger partial charge >= 0.3 is 0 Å². The van der Waals surface area contributed by atoms with Crippen LogP contribution in [0.15, 0.2) is 54.6 Å². The first-order valence-corrected chi connectivity index (χ1v) is 9.45. The molecular weight excluding hydrogens is 324 g/mol. The van der Waals surface area contributed by atoms with Gasteiger partial charge < -0.3 is 10.2 Å². The van der Waals surface area contributed by atoms with Crippen molar-refractivity contribution in [1.29, 1.82) is 0 Å². The number of nitrogens with zero attached hydrogens (tertiary/aromatic N) is 1. The average Bonchev–Trinajstić information content (AvgIpc) is 2.69. The second-order valence-electron chi connectivity index (χ2n) is 6.82. The molecule has 1 N–H and O–H groups in total. The summed E-state index contributed by atoms with van der Waals surface area (Å²) in [5.41, 5.74) is 2.68. The van der Waals surface area contributed by atoms with Gasteiger partial charge in [0.25, 0.3) is 5.91 Å². The standard InChI is InChI=1S/C22H26N2O2/c25-21(11-7-10-18-8-3-1-4-9-18)23-20-14-12-19(13-15-20)22(26)24-16-5-2-6-17-24/h1,3-4,8-9,12-15H,2,5-7,10-11,16-17H2,(H,23,25). The molecule has 1 aliphatic heterocycles. The Balaban J connectivity index is 1.46. The Kier molecular flexibility index (Phi) is 6.42. The fourth-order valence-electron chi connectivity index (χ4n) is 3.30. The van der Waals surface area contributed by atoms with Crippen LogP contribution in [0.4, 0.5) is 5.69 Å². The minimum Gasteiger partial charge on any atom is -0.339 e. The Labute approximate surface area is 155 Å². The number of benzene rings is 2. The Morgan fingerprint density at radius 1 is 0.885 bits per heavy atom. The summed E-state index contributed by atoms with van der Waals surface area (Å²) in [5.74, 6) is 0.0986. The van der Waals surface area contributed by atoms with E-state index in [9.17, 15) is 9.59 Å². The fourth-order valence-corrected chi connectivity index (χ4v) is 3.30. The van der Waals surface area contributed by atoms with Gasteiger partial charge in [-0.15, -0.1) is 0 Å². The minimum atomic E-state index is 0.0102. The number of likely N-dealkylation sites (tertiary alicyclic amines) is 1. The van der Waals surface area contributed by atoms with Crippen LogP contribution in [0.2, 0.25) is 0 Å². The largest absolute Gasteiger partial charge is 0.339 e. The Hall–Kier alpha value is -2.62. The third kappa shape index (κ3) is 5.19. The first-order chi connectivity index (χ1) is 12.7. The first-order valence-electron chi connectivity index (χ1n) is 9.45. The molecule has 3 rings (SSSR count). The van der Waals surface area contributed by atoms with Crippen LogP contribution in [-0.2, 0) is 11.2 Å². The van der Waals surface area contributed by atoms with Gasteiger partial charge in [-0.25, -0.2) is 0 Å². The van der Waals surface area contributed by atoms with E-state index >= 15 is 0 Å². The summed E-state index contributed by atoms with van der Waals surface area (Å²) < 4.78 is 0. The van der Waals surface area contributed by atoms with Crippen molar-refractivity contribution >= 4 is 17.5 Å². The molecule has 1 aliphatic rings. The Morgan fingerprint density at radius 2 is 1.58 bits per heavy atom. The van der Waals surface area contributed by atoms with Gasteiger partial charge in [0.15, 0.2) is 0 Å². The van der Waals surface area contributed by atoms with Crippen LogP contribution >= 0.6 is 0 Å². The van der Waals surface area contributed by atoms with Gasteiger partial charge in [0, 0.05) is 30.8 Å². The normalized spacial score (nSPS) is 14.1. The number of amides is 2. The summed E-state index contributed by atoms with van der Waals surface area (Å²) in [7, 11) is 0. The molecule has 0 spiro atoms. The highest BCUT2D eigenvalue weighted by Gasteiger charge is 2.17. The number of anilines is 1. The van der Waals surface area contributed by atoms with E-state index in [2.05, 4.69) is 17.4 Å². The zero-order valence-corrected chi connectivity index (χ0v) is 15.1. The Bertz CT molecular complexity index is 720. The number of carbonyl (C=O) groups is 2. The van der Waals surface area contributed by atoms with Crippen molar-refractivity contribution in [2.24, 2.45) is 0 Å². The van der Waals surface area contributed by atoms with Gasteiger partial charge in [-0.1, -0.05) is 30.3 Å². The molecule has 0 unspecified atom stereocenters. The smallest absolute Gasteiger partial charge is 0.253 e. The van der Waals surface area contributed by atoms with Gasteiger partial charge in [-0.05, 0) is 61.9 Å². The van der Waals surface area contributed by atoms with E-state index < -0.39 is 0 Å². The highest BCUT2D eigenvalue weighted by molar-refractivity contribution is 5.95. The maximum atomic E-state index is 12.4. The highest BCUT2D eigenvalue weighted by Crippen LogP contribution is 2.16. The molecule has 26 heavy (non-hydrogen) atoms. The van der Waals surface area contributed by atoms with Crippen LogP contribution in [-0.4, -0.2) is 29.8 Å². The van der Waals surface area contributed by atoms with Crippen LogP contribution in [0.3, 0.4) is 0 Å². The number of aryl methyl sites for hydroxylation is 1. The zero-order chi connectivity index (χ0) is 18.2. The lowest BCUT2D eigenvalue weighted by Gasteiger charge is -2.26. The van der Waals surface area contributed by atoms with Gasteiger partial charge in [-0.3, -0.25) is 9.59 Å². The molecule has 0 aromatic heterocycles. The van der Waals surface area contributed by atoms with Gasteiger partial charge in [0.1, 0.15) is 0 Å². The predicted octanol–water partition coefficient (Wildman–Crippen LogP) is 4.27. The molecular formula is C22H26N2O2. The van der Waals surface area contributed by atoms with E-state index in [0.717, 1.165) is 44.5 Å². The topological polar surface area (TPSA) is 49.4 Å². The average molecular weight is 350 g/mol. The molecule has 1 fully saturated rings. The van der Waals surface area contributed by atoms with Crippen molar-refractivity contribution in [3.8, 4) is 0 Å². The maximum Gasteiger partial charge on any atom is 0.253 e. The predicted molar refractivity (Wildman–Crippen MR) is 104 cm³/mol. The SMILES string of the molecule is O=C(CCCc1ccccc1)Nc1ccc(C(=O)N2CCCCC2)cc1. The number of rotatable bonds is 6.